The summed E-state index contributed by atoms with van der Waals surface area (Å²) >= 11 is 0. The predicted molar refractivity (Wildman–Crippen MR) is 78.7 cm³/mol. The first kappa shape index (κ1) is 13.4. The van der Waals surface area contributed by atoms with E-state index in [4.69, 9.17) is 0 Å². The Balaban J connectivity index is 2.30. The Kier molecular flexibility index (Phi) is 3.25. The molecule has 0 unspecified atom stereocenters. The number of benzene rings is 2. The second-order valence-corrected chi connectivity index (χ2v) is 4.92. The van der Waals surface area contributed by atoms with E-state index in [1.165, 1.54) is 30.3 Å². The Morgan fingerprint density at radius 1 is 1.14 bits per heavy atom. The van der Waals surface area contributed by atoms with Crippen molar-refractivity contribution in [3.05, 3.63) is 42.2 Å². The van der Waals surface area contributed by atoms with Crippen molar-refractivity contribution in [3.8, 4) is 22.9 Å². The second-order valence-electron chi connectivity index (χ2n) is 4.92. The first-order valence-corrected chi connectivity index (χ1v) is 6.78. The molecule has 1 heterocycles. The number of nitrogens with zero attached hydrogens (tertiary/aromatic N) is 2. The normalized spacial score (nSPS) is 11.1. The van der Waals surface area contributed by atoms with Crippen molar-refractivity contribution < 1.29 is 14.6 Å². The molecule has 0 aliphatic carbocycles. The number of aromatic hydroxyl groups is 2. The smallest absolute Gasteiger partial charge is 0.145 e. The van der Waals surface area contributed by atoms with Gasteiger partial charge in [-0.25, -0.2) is 9.37 Å². The van der Waals surface area contributed by atoms with Crippen LogP contribution in [0.1, 0.15) is 13.3 Å². The third-order valence-electron chi connectivity index (χ3n) is 3.38. The molecule has 0 fully saturated rings. The predicted octanol–water partition coefficient (Wildman–Crippen LogP) is 3.66. The van der Waals surface area contributed by atoms with Gasteiger partial charge in [-0.05, 0) is 36.8 Å². The van der Waals surface area contributed by atoms with Crippen LogP contribution in [0.2, 0.25) is 0 Å². The second kappa shape index (κ2) is 5.09. The van der Waals surface area contributed by atoms with E-state index in [2.05, 4.69) is 4.98 Å². The van der Waals surface area contributed by atoms with Crippen molar-refractivity contribution in [1.29, 1.82) is 0 Å². The van der Waals surface area contributed by atoms with Gasteiger partial charge in [0.1, 0.15) is 23.1 Å². The molecule has 2 N–H and O–H groups in total. The Labute approximate surface area is 121 Å². The zero-order chi connectivity index (χ0) is 15.0. The van der Waals surface area contributed by atoms with Gasteiger partial charge in [0, 0.05) is 12.6 Å². The summed E-state index contributed by atoms with van der Waals surface area (Å²) in [4.78, 5) is 4.42. The maximum Gasteiger partial charge on any atom is 0.145 e. The van der Waals surface area contributed by atoms with E-state index < -0.39 is 0 Å². The molecular formula is C16H15FN2O2. The number of hydrogen-bond acceptors (Lipinski definition) is 3. The minimum atomic E-state index is -0.352. The van der Waals surface area contributed by atoms with Gasteiger partial charge in [-0.1, -0.05) is 6.92 Å². The number of halogens is 1. The molecule has 0 aliphatic heterocycles. The molecule has 0 spiro atoms. The monoisotopic (exact) mass is 286 g/mol. The fraction of sp³-hybridized carbons (Fsp3) is 0.188. The van der Waals surface area contributed by atoms with E-state index >= 15 is 0 Å². The number of rotatable bonds is 3. The summed E-state index contributed by atoms with van der Waals surface area (Å²) in [5.41, 5.74) is 1.76. The third-order valence-corrected chi connectivity index (χ3v) is 3.38. The Morgan fingerprint density at radius 3 is 2.71 bits per heavy atom. The van der Waals surface area contributed by atoms with Gasteiger partial charge in [-0.2, -0.15) is 0 Å². The number of imidazole rings is 1. The molecule has 5 heteroatoms. The molecule has 108 valence electrons. The van der Waals surface area contributed by atoms with Crippen LogP contribution in [-0.4, -0.2) is 19.8 Å². The summed E-state index contributed by atoms with van der Waals surface area (Å²) in [6.07, 6.45) is 0.870. The topological polar surface area (TPSA) is 58.3 Å². The van der Waals surface area contributed by atoms with Gasteiger partial charge in [-0.3, -0.25) is 0 Å². The molecule has 3 rings (SSSR count). The minimum Gasteiger partial charge on any atom is -0.508 e. The first-order chi connectivity index (χ1) is 10.1. The lowest BCUT2D eigenvalue weighted by Crippen LogP contribution is -1.99. The van der Waals surface area contributed by atoms with E-state index in [0.717, 1.165) is 11.9 Å². The zero-order valence-electron chi connectivity index (χ0n) is 11.5. The van der Waals surface area contributed by atoms with Crippen LogP contribution in [0.3, 0.4) is 0 Å². The van der Waals surface area contributed by atoms with Crippen molar-refractivity contribution in [1.82, 2.24) is 9.55 Å². The molecule has 0 aliphatic rings. The van der Waals surface area contributed by atoms with Gasteiger partial charge in [0.2, 0.25) is 0 Å². The van der Waals surface area contributed by atoms with E-state index in [0.29, 0.717) is 23.4 Å². The van der Waals surface area contributed by atoms with Crippen LogP contribution >= 0.6 is 0 Å². The Morgan fingerprint density at radius 2 is 1.95 bits per heavy atom. The standard InChI is InChI=1S/C16H15FN2O2/c1-2-7-19-14-5-3-10(17)8-13(14)18-16(19)12-9-11(20)4-6-15(12)21/h3-6,8-9,20-21H,2,7H2,1H3. The minimum absolute atomic E-state index is 0.0286. The van der Waals surface area contributed by atoms with Gasteiger partial charge in [0.15, 0.2) is 0 Å². The van der Waals surface area contributed by atoms with Gasteiger partial charge in [0.25, 0.3) is 0 Å². The maximum atomic E-state index is 13.4. The van der Waals surface area contributed by atoms with Gasteiger partial charge in [0.05, 0.1) is 16.6 Å². The molecule has 0 amide bonds. The highest BCUT2D eigenvalue weighted by atomic mass is 19.1. The van der Waals surface area contributed by atoms with Gasteiger partial charge in [-0.15, -0.1) is 0 Å². The lowest BCUT2D eigenvalue weighted by atomic mass is 10.1. The SMILES string of the molecule is CCCn1c(-c2cc(O)ccc2O)nc2cc(F)ccc21. The highest BCUT2D eigenvalue weighted by Gasteiger charge is 2.16. The van der Waals surface area contributed by atoms with Crippen LogP contribution in [0.25, 0.3) is 22.4 Å². The molecular weight excluding hydrogens is 271 g/mol. The number of phenols is 2. The Hall–Kier alpha value is -2.56. The van der Waals surface area contributed by atoms with Crippen LogP contribution in [0, 0.1) is 5.82 Å². The molecule has 1 aromatic heterocycles. The zero-order valence-corrected chi connectivity index (χ0v) is 11.5. The van der Waals surface area contributed by atoms with Crippen molar-refractivity contribution in [2.45, 2.75) is 19.9 Å². The fourth-order valence-corrected chi connectivity index (χ4v) is 2.46. The van der Waals surface area contributed by atoms with Crippen molar-refractivity contribution in [3.63, 3.8) is 0 Å². The average molecular weight is 286 g/mol. The van der Waals surface area contributed by atoms with E-state index in [1.54, 1.807) is 6.07 Å². The van der Waals surface area contributed by atoms with Crippen LogP contribution in [0.5, 0.6) is 11.5 Å². The van der Waals surface area contributed by atoms with Crippen molar-refractivity contribution in [2.75, 3.05) is 0 Å². The molecule has 0 bridgehead atoms. The molecule has 21 heavy (non-hydrogen) atoms. The largest absolute Gasteiger partial charge is 0.508 e. The maximum absolute atomic E-state index is 13.4. The summed E-state index contributed by atoms with van der Waals surface area (Å²) in [7, 11) is 0. The van der Waals surface area contributed by atoms with Crippen LogP contribution < -0.4 is 0 Å². The summed E-state index contributed by atoms with van der Waals surface area (Å²) < 4.78 is 15.3. The molecule has 2 aromatic carbocycles. The number of phenolic OH excluding ortho intramolecular Hbond substituents is 2. The van der Waals surface area contributed by atoms with E-state index in [1.807, 2.05) is 11.5 Å². The van der Waals surface area contributed by atoms with Crippen LogP contribution in [0.15, 0.2) is 36.4 Å². The summed E-state index contributed by atoms with van der Waals surface area (Å²) in [5.74, 6) is 0.242. The van der Waals surface area contributed by atoms with Crippen LogP contribution in [0.4, 0.5) is 4.39 Å². The number of hydrogen-bond donors (Lipinski definition) is 2. The molecule has 3 aromatic rings. The summed E-state index contributed by atoms with van der Waals surface area (Å²) in [6.45, 7) is 2.72. The summed E-state index contributed by atoms with van der Waals surface area (Å²) in [6, 6.07) is 8.72. The third kappa shape index (κ3) is 2.31. The van der Waals surface area contributed by atoms with E-state index in [-0.39, 0.29) is 17.3 Å². The van der Waals surface area contributed by atoms with Gasteiger partial charge < -0.3 is 14.8 Å². The van der Waals surface area contributed by atoms with Crippen LogP contribution in [-0.2, 0) is 6.54 Å². The molecule has 0 radical (unpaired) electrons. The lowest BCUT2D eigenvalue weighted by Gasteiger charge is -2.09. The molecule has 0 atom stereocenters. The summed E-state index contributed by atoms with van der Waals surface area (Å²) in [5, 5.41) is 19.7. The molecule has 0 saturated heterocycles. The lowest BCUT2D eigenvalue weighted by molar-refractivity contribution is 0.461. The van der Waals surface area contributed by atoms with Gasteiger partial charge >= 0.3 is 0 Å². The van der Waals surface area contributed by atoms with E-state index in [9.17, 15) is 14.6 Å². The highest BCUT2D eigenvalue weighted by Crippen LogP contribution is 2.34. The molecule has 4 nitrogen and oxygen atoms in total. The number of aromatic nitrogens is 2. The first-order valence-electron chi connectivity index (χ1n) is 6.78. The van der Waals surface area contributed by atoms with Crippen molar-refractivity contribution >= 4 is 11.0 Å². The molecule has 0 saturated carbocycles. The highest BCUT2D eigenvalue weighted by molar-refractivity contribution is 5.82. The average Bonchev–Trinajstić information content (AvgIpc) is 2.80. The fourth-order valence-electron chi connectivity index (χ4n) is 2.46. The number of fused-ring (bicyclic) bond motifs is 1. The van der Waals surface area contributed by atoms with Crippen molar-refractivity contribution in [2.24, 2.45) is 0 Å². The number of aryl methyl sites for hydroxylation is 1. The Bertz CT molecular complexity index is 811. The quantitative estimate of drug-likeness (QED) is 0.722.